The average Bonchev–Trinajstić information content (AvgIpc) is 2.46. The van der Waals surface area contributed by atoms with Crippen LogP contribution in [0.15, 0.2) is 63.1 Å². The molecule has 2 rings (SSSR count). The summed E-state index contributed by atoms with van der Waals surface area (Å²) >= 11 is 0. The lowest BCUT2D eigenvalue weighted by molar-refractivity contribution is 0.377. The molecule has 1 unspecified atom stereocenters. The van der Waals surface area contributed by atoms with Gasteiger partial charge in [0, 0.05) is 4.90 Å². The molecule has 0 heterocycles. The van der Waals surface area contributed by atoms with Crippen LogP contribution >= 0.6 is 0 Å². The van der Waals surface area contributed by atoms with Crippen molar-refractivity contribution in [3.8, 4) is 0 Å². The van der Waals surface area contributed by atoms with E-state index >= 15 is 0 Å². The smallest absolute Gasteiger partial charge is 0.0883 e. The highest BCUT2D eigenvalue weighted by atomic mass is 32.2. The summed E-state index contributed by atoms with van der Waals surface area (Å²) < 4.78 is 12.4. The molecule has 0 radical (unpaired) electrons. The van der Waals surface area contributed by atoms with Gasteiger partial charge in [-0.25, -0.2) is 4.21 Å². The van der Waals surface area contributed by atoms with E-state index in [0.717, 1.165) is 16.2 Å². The summed E-state index contributed by atoms with van der Waals surface area (Å²) in [6, 6.07) is 9.57. The van der Waals surface area contributed by atoms with Gasteiger partial charge in [-0.15, -0.1) is 5.73 Å². The van der Waals surface area contributed by atoms with Crippen molar-refractivity contribution in [1.29, 1.82) is 0 Å². The number of allylic oxidation sites excluding steroid dienone is 3. The molecular formula is C19H24OS. The van der Waals surface area contributed by atoms with E-state index in [4.69, 9.17) is 0 Å². The molecular weight excluding hydrogens is 276 g/mol. The molecule has 1 aromatic rings. The van der Waals surface area contributed by atoms with Gasteiger partial charge in [-0.05, 0) is 62.3 Å². The van der Waals surface area contributed by atoms with Gasteiger partial charge in [0.05, 0.1) is 15.7 Å². The first-order valence-electron chi connectivity index (χ1n) is 7.52. The van der Waals surface area contributed by atoms with Gasteiger partial charge in [0.25, 0.3) is 0 Å². The van der Waals surface area contributed by atoms with Gasteiger partial charge in [0.1, 0.15) is 0 Å². The van der Waals surface area contributed by atoms with Crippen molar-refractivity contribution in [1.82, 2.24) is 0 Å². The van der Waals surface area contributed by atoms with Crippen molar-refractivity contribution in [3.63, 3.8) is 0 Å². The highest BCUT2D eigenvalue weighted by Crippen LogP contribution is 2.40. The fraction of sp³-hybridized carbons (Fsp3) is 0.421. The van der Waals surface area contributed by atoms with Crippen molar-refractivity contribution >= 4 is 10.8 Å². The molecule has 2 heteroatoms. The van der Waals surface area contributed by atoms with E-state index in [0.29, 0.717) is 0 Å². The van der Waals surface area contributed by atoms with Crippen molar-refractivity contribution in [2.24, 2.45) is 5.41 Å². The first-order chi connectivity index (χ1) is 9.92. The van der Waals surface area contributed by atoms with Crippen LogP contribution in [-0.2, 0) is 10.8 Å². The predicted octanol–water partition coefficient (Wildman–Crippen LogP) is 5.38. The van der Waals surface area contributed by atoms with Crippen LogP contribution in [0.2, 0.25) is 0 Å². The molecule has 112 valence electrons. The Bertz CT molecular complexity index is 629. The lowest BCUT2D eigenvalue weighted by Gasteiger charge is -2.32. The normalized spacial score (nSPS) is 18.9. The summed E-state index contributed by atoms with van der Waals surface area (Å²) in [5, 5.41) is 0. The second kappa shape index (κ2) is 6.60. The van der Waals surface area contributed by atoms with Crippen LogP contribution in [0.25, 0.3) is 0 Å². The second-order valence-electron chi connectivity index (χ2n) is 6.36. The number of rotatable bonds is 3. The van der Waals surface area contributed by atoms with Crippen LogP contribution in [0.5, 0.6) is 0 Å². The summed E-state index contributed by atoms with van der Waals surface area (Å²) in [6.45, 7) is 8.67. The van der Waals surface area contributed by atoms with E-state index < -0.39 is 10.8 Å². The van der Waals surface area contributed by atoms with Crippen LogP contribution < -0.4 is 0 Å². The van der Waals surface area contributed by atoms with Crippen LogP contribution in [0.4, 0.5) is 0 Å². The van der Waals surface area contributed by atoms with E-state index in [2.05, 4.69) is 32.6 Å². The zero-order chi connectivity index (χ0) is 15.5. The Morgan fingerprint density at radius 1 is 1.29 bits per heavy atom. The third kappa shape index (κ3) is 3.84. The van der Waals surface area contributed by atoms with E-state index in [1.807, 2.05) is 37.3 Å². The summed E-state index contributed by atoms with van der Waals surface area (Å²) in [5.74, 6) is 0. The monoisotopic (exact) mass is 300 g/mol. The lowest BCUT2D eigenvalue weighted by Crippen LogP contribution is -2.18. The summed E-state index contributed by atoms with van der Waals surface area (Å²) in [7, 11) is -1.12. The van der Waals surface area contributed by atoms with Gasteiger partial charge in [-0.1, -0.05) is 37.6 Å². The molecule has 0 saturated carbocycles. The Hall–Kier alpha value is -1.37. The van der Waals surface area contributed by atoms with Crippen molar-refractivity contribution in [3.05, 3.63) is 58.2 Å². The van der Waals surface area contributed by atoms with Gasteiger partial charge in [0.15, 0.2) is 0 Å². The number of benzene rings is 1. The molecule has 0 N–H and O–H groups in total. The largest absolute Gasteiger partial charge is 0.249 e. The number of hydrogen-bond donors (Lipinski definition) is 0. The SMILES string of the molecule is CC(=C=CC1=C(C)CCCC1(C)C)S(=O)c1ccccc1. The first kappa shape index (κ1) is 16.0. The zero-order valence-electron chi connectivity index (χ0n) is 13.4. The topological polar surface area (TPSA) is 17.1 Å². The minimum Gasteiger partial charge on any atom is -0.249 e. The minimum atomic E-state index is -1.12. The molecule has 0 bridgehead atoms. The van der Waals surface area contributed by atoms with E-state index in [1.54, 1.807) is 0 Å². The van der Waals surface area contributed by atoms with Gasteiger partial charge < -0.3 is 0 Å². The lowest BCUT2D eigenvalue weighted by atomic mass is 9.73. The Morgan fingerprint density at radius 2 is 1.95 bits per heavy atom. The molecule has 1 aromatic carbocycles. The van der Waals surface area contributed by atoms with E-state index in [-0.39, 0.29) is 5.41 Å². The minimum absolute atomic E-state index is 0.198. The quantitative estimate of drug-likeness (QED) is 0.685. The molecule has 1 aliphatic carbocycles. The standard InChI is InChI=1S/C19H24OS/c1-15-9-8-14-19(3,4)18(15)13-12-16(2)21(20)17-10-6-5-7-11-17/h5-7,10-11,13H,8-9,14H2,1-4H3. The predicted molar refractivity (Wildman–Crippen MR) is 90.5 cm³/mol. The Balaban J connectivity index is 2.32. The summed E-state index contributed by atoms with van der Waals surface area (Å²) in [4.78, 5) is 1.62. The molecule has 1 nitrogen and oxygen atoms in total. The maximum atomic E-state index is 12.4. The molecule has 1 aliphatic rings. The van der Waals surface area contributed by atoms with Gasteiger partial charge in [-0.3, -0.25) is 0 Å². The van der Waals surface area contributed by atoms with Gasteiger partial charge >= 0.3 is 0 Å². The molecule has 1 atom stereocenters. The van der Waals surface area contributed by atoms with Crippen LogP contribution in [0.1, 0.15) is 47.0 Å². The highest BCUT2D eigenvalue weighted by molar-refractivity contribution is 7.89. The number of hydrogen-bond acceptors (Lipinski definition) is 1. The summed E-state index contributed by atoms with van der Waals surface area (Å²) in [6.07, 6.45) is 5.69. The fourth-order valence-corrected chi connectivity index (χ4v) is 3.83. The van der Waals surface area contributed by atoms with E-state index in [1.165, 1.54) is 24.0 Å². The molecule has 0 amide bonds. The molecule has 0 saturated heterocycles. The van der Waals surface area contributed by atoms with Crippen molar-refractivity contribution < 1.29 is 4.21 Å². The highest BCUT2D eigenvalue weighted by Gasteiger charge is 2.26. The summed E-state index contributed by atoms with van der Waals surface area (Å²) in [5.41, 5.74) is 6.27. The maximum Gasteiger partial charge on any atom is 0.0883 e. The fourth-order valence-electron chi connectivity index (χ4n) is 2.91. The third-order valence-corrected chi connectivity index (χ3v) is 5.57. The van der Waals surface area contributed by atoms with Crippen LogP contribution in [-0.4, -0.2) is 4.21 Å². The maximum absolute atomic E-state index is 12.4. The van der Waals surface area contributed by atoms with Gasteiger partial charge in [-0.2, -0.15) is 0 Å². The second-order valence-corrected chi connectivity index (χ2v) is 7.98. The average molecular weight is 300 g/mol. The molecule has 0 aliphatic heterocycles. The molecule has 21 heavy (non-hydrogen) atoms. The molecule has 0 fully saturated rings. The zero-order valence-corrected chi connectivity index (χ0v) is 14.2. The van der Waals surface area contributed by atoms with Crippen molar-refractivity contribution in [2.45, 2.75) is 51.9 Å². The van der Waals surface area contributed by atoms with Gasteiger partial charge in [0.2, 0.25) is 0 Å². The molecule has 0 aromatic heterocycles. The first-order valence-corrected chi connectivity index (χ1v) is 8.67. The molecule has 0 spiro atoms. The van der Waals surface area contributed by atoms with Crippen molar-refractivity contribution in [2.75, 3.05) is 0 Å². The van der Waals surface area contributed by atoms with Crippen LogP contribution in [0, 0.1) is 5.41 Å². The van der Waals surface area contributed by atoms with Crippen LogP contribution in [0.3, 0.4) is 0 Å². The van der Waals surface area contributed by atoms with E-state index in [9.17, 15) is 4.21 Å². The Labute approximate surface area is 130 Å². The Morgan fingerprint density at radius 3 is 2.57 bits per heavy atom. The Kier molecular flexibility index (Phi) is 5.03. The third-order valence-electron chi connectivity index (χ3n) is 4.20.